The Morgan fingerprint density at radius 1 is 0.364 bits per heavy atom. The molecule has 8 aromatic carbocycles. The molecule has 4 heterocycles. The fraction of sp³-hybridized carbons (Fsp3) is 0. The number of hydrogen-bond donors (Lipinski definition) is 0. The van der Waals surface area contributed by atoms with Gasteiger partial charge in [0, 0.05) is 58.4 Å². The van der Waals surface area contributed by atoms with Crippen LogP contribution in [0.1, 0.15) is 0 Å². The fourth-order valence-corrected chi connectivity index (χ4v) is 9.27. The Morgan fingerprint density at radius 3 is 1.84 bits per heavy atom. The molecular weight excluding hydrogens is 695 g/mol. The SMILES string of the molecule is c1ccc2cc(-c3nc(-c4ccc5c(c4)oc4ccccc45)nc(-c4c(-c5ccc6c(c5)sc5ccccc56)ccc5oc6ccccc6c45)n3)ccc2c1. The number of para-hydroxylation sites is 2. The van der Waals surface area contributed by atoms with Crippen molar-refractivity contribution in [1.82, 2.24) is 15.0 Å². The van der Waals surface area contributed by atoms with Crippen LogP contribution in [0.2, 0.25) is 0 Å². The van der Waals surface area contributed by atoms with Gasteiger partial charge in [-0.1, -0.05) is 109 Å². The van der Waals surface area contributed by atoms with Crippen molar-refractivity contribution in [2.45, 2.75) is 0 Å². The van der Waals surface area contributed by atoms with E-state index in [1.165, 1.54) is 20.2 Å². The van der Waals surface area contributed by atoms with Crippen molar-refractivity contribution < 1.29 is 8.83 Å². The van der Waals surface area contributed by atoms with Gasteiger partial charge in [-0.2, -0.15) is 0 Å². The third-order valence-electron chi connectivity index (χ3n) is 10.7. The summed E-state index contributed by atoms with van der Waals surface area (Å²) in [6.45, 7) is 0. The molecule has 0 saturated carbocycles. The zero-order valence-electron chi connectivity index (χ0n) is 29.2. The molecule has 0 spiro atoms. The van der Waals surface area contributed by atoms with Crippen LogP contribution in [-0.2, 0) is 0 Å². The van der Waals surface area contributed by atoms with E-state index in [4.69, 9.17) is 23.8 Å². The van der Waals surface area contributed by atoms with Crippen LogP contribution < -0.4 is 0 Å². The van der Waals surface area contributed by atoms with Crippen LogP contribution in [0.25, 0.3) is 120 Å². The van der Waals surface area contributed by atoms with Crippen molar-refractivity contribution in [2.24, 2.45) is 0 Å². The Morgan fingerprint density at radius 2 is 0.964 bits per heavy atom. The topological polar surface area (TPSA) is 65.0 Å². The monoisotopic (exact) mass is 721 g/mol. The summed E-state index contributed by atoms with van der Waals surface area (Å²) in [6.07, 6.45) is 0. The van der Waals surface area contributed by atoms with Gasteiger partial charge < -0.3 is 8.83 Å². The van der Waals surface area contributed by atoms with Crippen LogP contribution in [0.4, 0.5) is 0 Å². The Balaban J connectivity index is 1.15. The molecule has 6 heteroatoms. The number of aromatic nitrogens is 3. The fourth-order valence-electron chi connectivity index (χ4n) is 8.12. The van der Waals surface area contributed by atoms with Gasteiger partial charge in [0.05, 0.1) is 0 Å². The zero-order chi connectivity index (χ0) is 36.0. The highest BCUT2D eigenvalue weighted by Gasteiger charge is 2.23. The first-order valence-electron chi connectivity index (χ1n) is 18.3. The van der Waals surface area contributed by atoms with E-state index in [-0.39, 0.29) is 0 Å². The van der Waals surface area contributed by atoms with Crippen molar-refractivity contribution in [3.8, 4) is 45.3 Å². The lowest BCUT2D eigenvalue weighted by Crippen LogP contribution is -2.01. The van der Waals surface area contributed by atoms with E-state index in [0.29, 0.717) is 17.5 Å². The van der Waals surface area contributed by atoms with E-state index in [1.807, 2.05) is 47.7 Å². The lowest BCUT2D eigenvalue weighted by atomic mass is 9.94. The standard InChI is InChI=1S/C49H27N3O2S/c1-2-10-29-25-31(18-17-28(29)9-1)47-50-48(32-20-21-35-34-11-3-6-14-39(34)54-42(35)26-32)52-49(51-47)46-33(23-24-41-45(46)38-13-4-7-15-40(38)53-41)30-19-22-37-36-12-5-8-16-43(36)55-44(37)27-30/h1-27H. The lowest BCUT2D eigenvalue weighted by Gasteiger charge is -2.14. The van der Waals surface area contributed by atoms with Crippen LogP contribution >= 0.6 is 11.3 Å². The lowest BCUT2D eigenvalue weighted by molar-refractivity contribution is 0.668. The van der Waals surface area contributed by atoms with Crippen molar-refractivity contribution >= 4 is 86.2 Å². The molecule has 5 nitrogen and oxygen atoms in total. The first kappa shape index (κ1) is 30.3. The molecule has 0 saturated heterocycles. The summed E-state index contributed by atoms with van der Waals surface area (Å²) in [5.41, 5.74) is 7.98. The largest absolute Gasteiger partial charge is 0.456 e. The maximum atomic E-state index is 6.49. The summed E-state index contributed by atoms with van der Waals surface area (Å²) in [6, 6.07) is 56.9. The highest BCUT2D eigenvalue weighted by atomic mass is 32.1. The van der Waals surface area contributed by atoms with Crippen LogP contribution in [0.3, 0.4) is 0 Å². The second kappa shape index (κ2) is 11.7. The molecule has 0 atom stereocenters. The molecule has 12 rings (SSSR count). The predicted octanol–water partition coefficient (Wildman–Crippen LogP) is 13.9. The molecule has 0 aliphatic rings. The first-order chi connectivity index (χ1) is 27.2. The molecule has 4 aromatic heterocycles. The van der Waals surface area contributed by atoms with Crippen LogP contribution in [0.15, 0.2) is 173 Å². The van der Waals surface area contributed by atoms with Gasteiger partial charge >= 0.3 is 0 Å². The van der Waals surface area contributed by atoms with Crippen LogP contribution in [-0.4, -0.2) is 15.0 Å². The smallest absolute Gasteiger partial charge is 0.165 e. The van der Waals surface area contributed by atoms with Gasteiger partial charge in [0.2, 0.25) is 0 Å². The molecule has 256 valence electrons. The van der Waals surface area contributed by atoms with Gasteiger partial charge in [0.1, 0.15) is 22.3 Å². The van der Waals surface area contributed by atoms with Crippen LogP contribution in [0.5, 0.6) is 0 Å². The summed E-state index contributed by atoms with van der Waals surface area (Å²) in [5.74, 6) is 1.72. The van der Waals surface area contributed by atoms with Crippen molar-refractivity contribution in [2.75, 3.05) is 0 Å². The summed E-state index contributed by atoms with van der Waals surface area (Å²) in [5, 5.41) is 8.91. The van der Waals surface area contributed by atoms with Crippen molar-refractivity contribution in [3.05, 3.63) is 164 Å². The molecule has 55 heavy (non-hydrogen) atoms. The summed E-state index contributed by atoms with van der Waals surface area (Å²) in [7, 11) is 0. The number of hydrogen-bond acceptors (Lipinski definition) is 6. The van der Waals surface area contributed by atoms with Crippen molar-refractivity contribution in [3.63, 3.8) is 0 Å². The Kier molecular flexibility index (Phi) is 6.44. The van der Waals surface area contributed by atoms with E-state index in [2.05, 4.69) is 127 Å². The predicted molar refractivity (Wildman–Crippen MR) is 227 cm³/mol. The van der Waals surface area contributed by atoms with Gasteiger partial charge in [-0.15, -0.1) is 11.3 Å². The molecule has 0 bridgehead atoms. The van der Waals surface area contributed by atoms with E-state index in [9.17, 15) is 0 Å². The minimum absolute atomic E-state index is 0.561. The number of fused-ring (bicyclic) bond motifs is 10. The number of benzene rings is 8. The number of nitrogens with zero attached hydrogens (tertiary/aromatic N) is 3. The van der Waals surface area contributed by atoms with E-state index in [1.54, 1.807) is 0 Å². The van der Waals surface area contributed by atoms with Gasteiger partial charge in [0.25, 0.3) is 0 Å². The first-order valence-corrected chi connectivity index (χ1v) is 19.1. The maximum Gasteiger partial charge on any atom is 0.165 e. The molecular formula is C49H27N3O2S. The van der Waals surface area contributed by atoms with Gasteiger partial charge in [-0.05, 0) is 76.5 Å². The Hall–Kier alpha value is -7.15. The molecule has 12 aromatic rings. The van der Waals surface area contributed by atoms with Crippen molar-refractivity contribution in [1.29, 1.82) is 0 Å². The highest BCUT2D eigenvalue weighted by Crippen LogP contribution is 2.44. The van der Waals surface area contributed by atoms with E-state index < -0.39 is 0 Å². The molecule has 0 aliphatic carbocycles. The normalized spacial score (nSPS) is 12.0. The number of furan rings is 2. The zero-order valence-corrected chi connectivity index (χ0v) is 30.0. The van der Waals surface area contributed by atoms with Gasteiger partial charge in [-0.25, -0.2) is 15.0 Å². The molecule has 0 N–H and O–H groups in total. The van der Waals surface area contributed by atoms with Crippen LogP contribution in [0, 0.1) is 0 Å². The average molecular weight is 722 g/mol. The third kappa shape index (κ3) is 4.75. The second-order valence-electron chi connectivity index (χ2n) is 13.9. The van der Waals surface area contributed by atoms with E-state index in [0.717, 1.165) is 82.5 Å². The summed E-state index contributed by atoms with van der Waals surface area (Å²) < 4.78 is 15.3. The maximum absolute atomic E-state index is 6.49. The molecule has 0 fully saturated rings. The van der Waals surface area contributed by atoms with Gasteiger partial charge in [0.15, 0.2) is 17.5 Å². The molecule has 0 amide bonds. The molecule has 0 unspecified atom stereocenters. The minimum Gasteiger partial charge on any atom is -0.456 e. The van der Waals surface area contributed by atoms with E-state index >= 15 is 0 Å². The highest BCUT2D eigenvalue weighted by molar-refractivity contribution is 7.25. The Bertz CT molecular complexity index is 3520. The number of rotatable bonds is 4. The third-order valence-corrected chi connectivity index (χ3v) is 11.9. The number of thiophene rings is 1. The Labute approximate surface area is 317 Å². The molecule has 0 radical (unpaired) electrons. The minimum atomic E-state index is 0.561. The summed E-state index contributed by atoms with van der Waals surface area (Å²) in [4.78, 5) is 15.9. The average Bonchev–Trinajstić information content (AvgIpc) is 3.93. The summed E-state index contributed by atoms with van der Waals surface area (Å²) >= 11 is 1.81. The molecule has 0 aliphatic heterocycles. The van der Waals surface area contributed by atoms with Gasteiger partial charge in [-0.3, -0.25) is 0 Å². The quantitative estimate of drug-likeness (QED) is 0.181. The second-order valence-corrected chi connectivity index (χ2v) is 15.0.